The van der Waals surface area contributed by atoms with Crippen LogP contribution >= 0.6 is 0 Å². The minimum absolute atomic E-state index is 0.251. The summed E-state index contributed by atoms with van der Waals surface area (Å²) >= 11 is 0. The van der Waals surface area contributed by atoms with Crippen LogP contribution in [0.4, 0.5) is 22.0 Å². The Hall–Kier alpha value is -2.31. The van der Waals surface area contributed by atoms with E-state index in [0.717, 1.165) is 60.4 Å². The van der Waals surface area contributed by atoms with Gasteiger partial charge in [-0.25, -0.2) is 0 Å². The monoisotopic (exact) mass is 552 g/mol. The highest BCUT2D eigenvalue weighted by Gasteiger charge is 2.35. The largest absolute Gasteiger partial charge is 0.573 e. The first-order valence-corrected chi connectivity index (χ1v) is 14.6. The van der Waals surface area contributed by atoms with Crippen molar-refractivity contribution in [2.45, 2.75) is 103 Å². The van der Waals surface area contributed by atoms with Crippen LogP contribution in [0.15, 0.2) is 48.5 Å². The van der Waals surface area contributed by atoms with Gasteiger partial charge in [-0.2, -0.15) is 8.78 Å². The molecule has 0 aliphatic heterocycles. The number of halogens is 5. The second kappa shape index (κ2) is 13.4. The third kappa shape index (κ3) is 9.11. The molecule has 2 aromatic carbocycles. The van der Waals surface area contributed by atoms with E-state index in [1.807, 2.05) is 0 Å². The molecule has 0 saturated heterocycles. The van der Waals surface area contributed by atoms with Crippen LogP contribution in [0.2, 0.25) is 0 Å². The Morgan fingerprint density at radius 3 is 1.62 bits per heavy atom. The minimum Gasteiger partial charge on any atom is -0.429 e. The van der Waals surface area contributed by atoms with Crippen molar-refractivity contribution < 1.29 is 31.4 Å². The van der Waals surface area contributed by atoms with Gasteiger partial charge in [0, 0.05) is 0 Å². The van der Waals surface area contributed by atoms with Crippen molar-refractivity contribution >= 4 is 0 Å². The van der Waals surface area contributed by atoms with Gasteiger partial charge in [0.05, 0.1) is 5.56 Å². The average molecular weight is 553 g/mol. The maximum absolute atomic E-state index is 14.7. The van der Waals surface area contributed by atoms with E-state index < -0.39 is 18.2 Å². The topological polar surface area (TPSA) is 18.5 Å². The highest BCUT2D eigenvalue weighted by atomic mass is 19.4. The van der Waals surface area contributed by atoms with Crippen LogP contribution in [-0.2, 0) is 12.5 Å². The van der Waals surface area contributed by atoms with Crippen LogP contribution in [0.5, 0.6) is 11.5 Å². The first-order valence-electron chi connectivity index (χ1n) is 14.6. The van der Waals surface area contributed by atoms with E-state index in [1.54, 1.807) is 12.1 Å². The van der Waals surface area contributed by atoms with E-state index in [1.165, 1.54) is 82.8 Å². The van der Waals surface area contributed by atoms with Crippen molar-refractivity contribution in [1.29, 1.82) is 0 Å². The molecule has 0 bridgehead atoms. The number of hydrogen-bond acceptors (Lipinski definition) is 2. The van der Waals surface area contributed by atoms with Crippen molar-refractivity contribution in [2.24, 2.45) is 23.7 Å². The fourth-order valence-electron chi connectivity index (χ4n) is 6.54. The Morgan fingerprint density at radius 2 is 1.13 bits per heavy atom. The van der Waals surface area contributed by atoms with E-state index in [4.69, 9.17) is 4.74 Å². The van der Waals surface area contributed by atoms with Crippen molar-refractivity contribution in [3.05, 3.63) is 59.7 Å². The van der Waals surface area contributed by atoms with Crippen molar-refractivity contribution in [2.75, 3.05) is 0 Å². The molecule has 2 nitrogen and oxygen atoms in total. The lowest BCUT2D eigenvalue weighted by Gasteiger charge is -2.38. The molecule has 0 atom stereocenters. The molecular weight excluding hydrogens is 511 g/mol. The first-order chi connectivity index (χ1) is 18.6. The molecule has 2 aliphatic carbocycles. The van der Waals surface area contributed by atoms with Gasteiger partial charge < -0.3 is 9.47 Å². The van der Waals surface area contributed by atoms with E-state index in [-0.39, 0.29) is 11.3 Å². The summed E-state index contributed by atoms with van der Waals surface area (Å²) in [4.78, 5) is 0. The van der Waals surface area contributed by atoms with Gasteiger partial charge in [-0.05, 0) is 104 Å². The number of hydrogen-bond donors (Lipinski definition) is 0. The first kappa shape index (κ1) is 29.7. The minimum atomic E-state index is -4.85. The molecule has 2 aromatic rings. The Balaban J connectivity index is 1.19. The predicted octanol–water partition coefficient (Wildman–Crippen LogP) is 10.4. The summed E-state index contributed by atoms with van der Waals surface area (Å²) in [7, 11) is 0. The van der Waals surface area contributed by atoms with Crippen LogP contribution in [-0.4, -0.2) is 6.36 Å². The van der Waals surface area contributed by atoms with Gasteiger partial charge in [0.2, 0.25) is 0 Å². The van der Waals surface area contributed by atoms with Crippen molar-refractivity contribution in [3.8, 4) is 11.5 Å². The summed E-state index contributed by atoms with van der Waals surface area (Å²) in [5, 5.41) is 0. The van der Waals surface area contributed by atoms with Crippen LogP contribution in [0.25, 0.3) is 0 Å². The highest BCUT2D eigenvalue weighted by molar-refractivity contribution is 5.33. The fourth-order valence-corrected chi connectivity index (χ4v) is 6.54. The van der Waals surface area contributed by atoms with Crippen LogP contribution in [0.1, 0.15) is 95.1 Å². The highest BCUT2D eigenvalue weighted by Crippen LogP contribution is 2.43. The van der Waals surface area contributed by atoms with Crippen LogP contribution < -0.4 is 9.47 Å². The van der Waals surface area contributed by atoms with Gasteiger partial charge >= 0.3 is 12.5 Å². The zero-order chi connectivity index (χ0) is 27.9. The standard InChI is InChI=1S/C32H41F5O2/c1-2-3-4-23-7-13-26(14-8-23)27-15-9-24(10-16-27)5-6-25-11-17-28(18-12-25)31(33,34)38-29-19-21-30(22-20-29)39-32(35,36)37/h11-12,17-24,26-27H,2-10,13-16H2,1H3/t23-,24-,26-,27-. The van der Waals surface area contributed by atoms with Crippen LogP contribution in [0, 0.1) is 23.7 Å². The molecule has 0 heterocycles. The van der Waals surface area contributed by atoms with Crippen molar-refractivity contribution in [1.82, 2.24) is 0 Å². The Labute approximate surface area is 229 Å². The fraction of sp³-hybridized carbons (Fsp3) is 0.625. The Kier molecular flexibility index (Phi) is 10.2. The van der Waals surface area contributed by atoms with E-state index in [2.05, 4.69) is 11.7 Å². The molecule has 4 rings (SSSR count). The third-order valence-electron chi connectivity index (χ3n) is 8.85. The van der Waals surface area contributed by atoms with Crippen LogP contribution in [0.3, 0.4) is 0 Å². The maximum Gasteiger partial charge on any atom is 0.573 e. The number of unbranched alkanes of at least 4 members (excludes halogenated alkanes) is 1. The lowest BCUT2D eigenvalue weighted by atomic mass is 9.68. The van der Waals surface area contributed by atoms with Gasteiger partial charge in [-0.3, -0.25) is 0 Å². The number of rotatable bonds is 11. The summed E-state index contributed by atoms with van der Waals surface area (Å²) in [6.45, 7) is 2.28. The lowest BCUT2D eigenvalue weighted by molar-refractivity contribution is -0.274. The zero-order valence-corrected chi connectivity index (χ0v) is 22.8. The van der Waals surface area contributed by atoms with E-state index in [9.17, 15) is 22.0 Å². The molecule has 39 heavy (non-hydrogen) atoms. The Morgan fingerprint density at radius 1 is 0.641 bits per heavy atom. The molecule has 2 aliphatic rings. The molecule has 2 saturated carbocycles. The Bertz CT molecular complexity index is 987. The molecular formula is C32H41F5O2. The number of benzene rings is 2. The zero-order valence-electron chi connectivity index (χ0n) is 22.8. The molecule has 2 fully saturated rings. The summed E-state index contributed by atoms with van der Waals surface area (Å²) in [5.41, 5.74) is 0.725. The predicted molar refractivity (Wildman–Crippen MR) is 143 cm³/mol. The second-order valence-electron chi connectivity index (χ2n) is 11.6. The third-order valence-corrected chi connectivity index (χ3v) is 8.85. The molecule has 0 aromatic heterocycles. The SMILES string of the molecule is CCCC[C@H]1CC[C@H]([C@H]2CC[C@H](CCc3ccc(C(F)(F)Oc4ccc(OC(F)(F)F)cc4)cc3)CC2)CC1. The number of ether oxygens (including phenoxy) is 2. The van der Waals surface area contributed by atoms with E-state index in [0.29, 0.717) is 5.92 Å². The molecule has 0 radical (unpaired) electrons. The molecule has 7 heteroatoms. The normalized spacial score (nSPS) is 24.4. The summed E-state index contributed by atoms with van der Waals surface area (Å²) in [5.74, 6) is 2.73. The maximum atomic E-state index is 14.7. The number of aryl methyl sites for hydroxylation is 1. The molecule has 0 spiro atoms. The lowest BCUT2D eigenvalue weighted by Crippen LogP contribution is -2.26. The summed E-state index contributed by atoms with van der Waals surface area (Å²) in [6, 6.07) is 10.1. The van der Waals surface area contributed by atoms with Gasteiger partial charge in [0.15, 0.2) is 0 Å². The van der Waals surface area contributed by atoms with Gasteiger partial charge in [-0.1, -0.05) is 64.0 Å². The molecule has 0 N–H and O–H groups in total. The smallest absolute Gasteiger partial charge is 0.429 e. The average Bonchev–Trinajstić information content (AvgIpc) is 2.92. The van der Waals surface area contributed by atoms with Gasteiger partial charge in [-0.15, -0.1) is 13.2 Å². The summed E-state index contributed by atoms with van der Waals surface area (Å²) < 4.78 is 74.7. The van der Waals surface area contributed by atoms with E-state index >= 15 is 0 Å². The molecule has 216 valence electrons. The van der Waals surface area contributed by atoms with Gasteiger partial charge in [0.1, 0.15) is 11.5 Å². The quantitative estimate of drug-likeness (QED) is 0.258. The molecule has 0 unspecified atom stereocenters. The van der Waals surface area contributed by atoms with Crippen molar-refractivity contribution in [3.63, 3.8) is 0 Å². The summed E-state index contributed by atoms with van der Waals surface area (Å²) in [6.07, 6.45) is 8.49. The number of alkyl halides is 5. The second-order valence-corrected chi connectivity index (χ2v) is 11.6. The molecule has 0 amide bonds. The van der Waals surface area contributed by atoms with Gasteiger partial charge in [0.25, 0.3) is 0 Å².